The molecule has 0 aliphatic heterocycles. The van der Waals surface area contributed by atoms with Gasteiger partial charge in [-0.2, -0.15) is 5.26 Å². The van der Waals surface area contributed by atoms with Gasteiger partial charge < -0.3 is 5.11 Å². The summed E-state index contributed by atoms with van der Waals surface area (Å²) in [6.45, 7) is 0. The molecule has 2 aromatic carbocycles. The summed E-state index contributed by atoms with van der Waals surface area (Å²) in [5, 5.41) is 17.7. The second-order valence-corrected chi connectivity index (χ2v) is 5.99. The lowest BCUT2D eigenvalue weighted by Gasteiger charge is -2.04. The Balaban J connectivity index is 2.21. The molecular weight excluding hydrogens is 373 g/mol. The molecule has 0 spiro atoms. The summed E-state index contributed by atoms with van der Waals surface area (Å²) >= 11 is 3.55. The monoisotopic (exact) mass is 381 g/mol. The SMILES string of the molecule is N#Cc1ccc(Sc2ccc(C(=O)O)c(I)c2)cc1. The van der Waals surface area contributed by atoms with Crippen molar-refractivity contribution >= 4 is 40.3 Å². The molecule has 94 valence electrons. The summed E-state index contributed by atoms with van der Waals surface area (Å²) in [5.41, 5.74) is 0.935. The highest BCUT2D eigenvalue weighted by molar-refractivity contribution is 14.1. The molecule has 0 aliphatic carbocycles. The van der Waals surface area contributed by atoms with E-state index in [1.807, 2.05) is 40.8 Å². The Hall–Kier alpha value is -1.52. The van der Waals surface area contributed by atoms with Gasteiger partial charge in [0.1, 0.15) is 0 Å². The summed E-state index contributed by atoms with van der Waals surface area (Å²) in [7, 11) is 0. The van der Waals surface area contributed by atoms with Crippen molar-refractivity contribution in [1.82, 2.24) is 0 Å². The largest absolute Gasteiger partial charge is 0.478 e. The smallest absolute Gasteiger partial charge is 0.336 e. The maximum Gasteiger partial charge on any atom is 0.336 e. The van der Waals surface area contributed by atoms with Crippen LogP contribution in [0.5, 0.6) is 0 Å². The predicted molar refractivity (Wildman–Crippen MR) is 81.4 cm³/mol. The van der Waals surface area contributed by atoms with Gasteiger partial charge in [0, 0.05) is 13.4 Å². The maximum atomic E-state index is 10.9. The molecule has 0 unspecified atom stereocenters. The topological polar surface area (TPSA) is 61.1 Å². The van der Waals surface area contributed by atoms with Crippen molar-refractivity contribution in [2.24, 2.45) is 0 Å². The summed E-state index contributed by atoms with van der Waals surface area (Å²) in [4.78, 5) is 12.9. The van der Waals surface area contributed by atoms with E-state index in [1.165, 1.54) is 11.8 Å². The van der Waals surface area contributed by atoms with Gasteiger partial charge >= 0.3 is 5.97 Å². The lowest BCUT2D eigenvalue weighted by Crippen LogP contribution is -1.99. The van der Waals surface area contributed by atoms with E-state index in [-0.39, 0.29) is 0 Å². The molecule has 1 N–H and O–H groups in total. The number of benzene rings is 2. The summed E-state index contributed by atoms with van der Waals surface area (Å²) < 4.78 is 0.712. The van der Waals surface area contributed by atoms with Crippen LogP contribution in [0.25, 0.3) is 0 Å². The minimum atomic E-state index is -0.917. The average molecular weight is 381 g/mol. The molecule has 3 nitrogen and oxygen atoms in total. The van der Waals surface area contributed by atoms with Crippen molar-refractivity contribution in [3.8, 4) is 6.07 Å². The number of nitriles is 1. The van der Waals surface area contributed by atoms with Gasteiger partial charge in [-0.05, 0) is 65.1 Å². The van der Waals surface area contributed by atoms with Gasteiger partial charge in [-0.1, -0.05) is 11.8 Å². The van der Waals surface area contributed by atoms with E-state index in [9.17, 15) is 4.79 Å². The molecule has 0 amide bonds. The zero-order valence-electron chi connectivity index (χ0n) is 9.63. The number of carboxylic acid groups (broad SMARTS) is 1. The number of hydrogen-bond acceptors (Lipinski definition) is 3. The second-order valence-electron chi connectivity index (χ2n) is 3.69. The molecule has 0 heterocycles. The molecule has 2 rings (SSSR count). The molecule has 0 radical (unpaired) electrons. The van der Waals surface area contributed by atoms with Crippen LogP contribution in [-0.4, -0.2) is 11.1 Å². The van der Waals surface area contributed by atoms with Crippen LogP contribution in [0.15, 0.2) is 52.3 Å². The highest BCUT2D eigenvalue weighted by atomic mass is 127. The van der Waals surface area contributed by atoms with E-state index in [0.717, 1.165) is 9.79 Å². The van der Waals surface area contributed by atoms with Crippen molar-refractivity contribution in [2.45, 2.75) is 9.79 Å². The number of carboxylic acids is 1. The van der Waals surface area contributed by atoms with Gasteiger partial charge in [-0.15, -0.1) is 0 Å². The quantitative estimate of drug-likeness (QED) is 0.817. The van der Waals surface area contributed by atoms with Crippen molar-refractivity contribution < 1.29 is 9.90 Å². The number of nitrogens with zero attached hydrogens (tertiary/aromatic N) is 1. The van der Waals surface area contributed by atoms with Crippen LogP contribution < -0.4 is 0 Å². The van der Waals surface area contributed by atoms with Crippen molar-refractivity contribution in [3.05, 3.63) is 57.2 Å². The second kappa shape index (κ2) is 6.08. The molecule has 0 fully saturated rings. The maximum absolute atomic E-state index is 10.9. The lowest BCUT2D eigenvalue weighted by molar-refractivity contribution is 0.0695. The molecule has 2 aromatic rings. The normalized spacial score (nSPS) is 9.89. The molecule has 0 saturated heterocycles. The average Bonchev–Trinajstić information content (AvgIpc) is 2.39. The minimum absolute atomic E-state index is 0.310. The predicted octanol–water partition coefficient (Wildman–Crippen LogP) is 4.01. The fraction of sp³-hybridized carbons (Fsp3) is 0. The molecule has 0 atom stereocenters. The zero-order chi connectivity index (χ0) is 13.8. The first-order chi connectivity index (χ1) is 9.10. The van der Waals surface area contributed by atoms with Crippen LogP contribution in [0.3, 0.4) is 0 Å². The Morgan fingerprint density at radius 3 is 2.32 bits per heavy atom. The number of aromatic carboxylic acids is 1. The zero-order valence-corrected chi connectivity index (χ0v) is 12.6. The van der Waals surface area contributed by atoms with Gasteiger partial charge in [0.15, 0.2) is 0 Å². The van der Waals surface area contributed by atoms with E-state index >= 15 is 0 Å². The van der Waals surface area contributed by atoms with Gasteiger partial charge in [-0.25, -0.2) is 4.79 Å². The van der Waals surface area contributed by atoms with Crippen LogP contribution in [-0.2, 0) is 0 Å². The summed E-state index contributed by atoms with van der Waals surface area (Å²) in [6.07, 6.45) is 0. The third-order valence-electron chi connectivity index (χ3n) is 2.39. The number of rotatable bonds is 3. The first kappa shape index (κ1) is 13.9. The molecule has 0 aromatic heterocycles. The van der Waals surface area contributed by atoms with Crippen molar-refractivity contribution in [2.75, 3.05) is 0 Å². The third kappa shape index (κ3) is 3.49. The van der Waals surface area contributed by atoms with Gasteiger partial charge in [0.05, 0.1) is 17.2 Å². The molecule has 5 heteroatoms. The van der Waals surface area contributed by atoms with Crippen molar-refractivity contribution in [3.63, 3.8) is 0 Å². The Morgan fingerprint density at radius 1 is 1.16 bits per heavy atom. The van der Waals surface area contributed by atoms with Crippen LogP contribution in [0.4, 0.5) is 0 Å². The number of halogens is 1. The van der Waals surface area contributed by atoms with Crippen molar-refractivity contribution in [1.29, 1.82) is 5.26 Å². The van der Waals surface area contributed by atoms with Crippen LogP contribution in [0, 0.1) is 14.9 Å². The van der Waals surface area contributed by atoms with Gasteiger partial charge in [0.2, 0.25) is 0 Å². The molecule has 0 saturated carbocycles. The molecule has 19 heavy (non-hydrogen) atoms. The summed E-state index contributed by atoms with van der Waals surface area (Å²) in [5.74, 6) is -0.917. The van der Waals surface area contributed by atoms with Gasteiger partial charge in [-0.3, -0.25) is 0 Å². The van der Waals surface area contributed by atoms with E-state index in [0.29, 0.717) is 14.7 Å². The Bertz CT molecular complexity index is 662. The molecule has 0 aliphatic rings. The lowest BCUT2D eigenvalue weighted by atomic mass is 10.2. The number of carbonyl (C=O) groups is 1. The molecule has 0 bridgehead atoms. The van der Waals surface area contributed by atoms with E-state index in [4.69, 9.17) is 10.4 Å². The number of hydrogen-bond donors (Lipinski definition) is 1. The van der Waals surface area contributed by atoms with E-state index < -0.39 is 5.97 Å². The third-order valence-corrected chi connectivity index (χ3v) is 4.28. The summed E-state index contributed by atoms with van der Waals surface area (Å²) in [6, 6.07) is 14.6. The highest BCUT2D eigenvalue weighted by Crippen LogP contribution is 2.29. The Labute approximate surface area is 128 Å². The first-order valence-corrected chi connectivity index (χ1v) is 7.20. The Kier molecular flexibility index (Phi) is 4.45. The van der Waals surface area contributed by atoms with Crippen LogP contribution in [0.2, 0.25) is 0 Å². The molecular formula is C14H8INO2S. The first-order valence-electron chi connectivity index (χ1n) is 5.31. The van der Waals surface area contributed by atoms with E-state index in [1.54, 1.807) is 24.3 Å². The fourth-order valence-corrected chi connectivity index (χ4v) is 3.28. The fourth-order valence-electron chi connectivity index (χ4n) is 1.47. The van der Waals surface area contributed by atoms with Crippen LogP contribution in [0.1, 0.15) is 15.9 Å². The standard InChI is InChI=1S/C14H8INO2S/c15-13-7-11(5-6-12(13)14(17)18)19-10-3-1-9(8-16)2-4-10/h1-7H,(H,17,18). The minimum Gasteiger partial charge on any atom is -0.478 e. The Morgan fingerprint density at radius 2 is 1.79 bits per heavy atom. The highest BCUT2D eigenvalue weighted by Gasteiger charge is 2.08. The van der Waals surface area contributed by atoms with E-state index in [2.05, 4.69) is 6.07 Å². The van der Waals surface area contributed by atoms with Crippen LogP contribution >= 0.6 is 34.4 Å². The van der Waals surface area contributed by atoms with Gasteiger partial charge in [0.25, 0.3) is 0 Å².